The Hall–Kier alpha value is -12.8. The molecule has 22 aromatic rings. The first-order valence-electron chi connectivity index (χ1n) is 45.7. The molecule has 9 aromatic heterocycles. The fourth-order valence-electron chi connectivity index (χ4n) is 17.0. The molecule has 8 nitrogen and oxygen atoms in total. The van der Waals surface area contributed by atoms with Crippen LogP contribution in [0, 0.1) is 57.2 Å². The van der Waals surface area contributed by atoms with Crippen molar-refractivity contribution in [3.8, 4) is 107 Å². The van der Waals surface area contributed by atoms with Gasteiger partial charge in [0.2, 0.25) is 0 Å². The summed E-state index contributed by atoms with van der Waals surface area (Å²) in [5, 5.41) is 11.8. The SMILES string of the molecule is CCn1c2c[c-]c(-c3cc(-c4ccc(C)cc4)c([Si](C)(C)C)cn3)cc2c2ccccc21.Cc1ccc(-c2cc(-c3[c-]cc4c(c3)c3ccccc3n4-c3ccccc3)ncc2[Si](C)(C)C)cc1.Cc1ccc(-c2cc(-c3[c-]cc4sc5ccccc5c4c3)ncc2[Si](C)(C)C)cc1.[Ir].[Ir].[Ir].[c-]1ccccc1-c1ccccn1.[c-]1ccccc1-c1ccccn1.[c-]1ccccc1-c1ccccn1. The van der Waals surface area contributed by atoms with Gasteiger partial charge in [0.25, 0.3) is 0 Å². The second-order valence-corrected chi connectivity index (χ2v) is 52.8. The fraction of sp³-hybridized carbons (Fsp3) is 0.115. The molecule has 0 fully saturated rings. The van der Waals surface area contributed by atoms with Gasteiger partial charge < -0.3 is 39.0 Å². The Balaban J connectivity index is 0.000000138. The summed E-state index contributed by atoms with van der Waals surface area (Å²) in [6.07, 6.45) is 11.7. The number of pyridine rings is 6. The van der Waals surface area contributed by atoms with Crippen LogP contribution in [0.4, 0.5) is 0 Å². The molecule has 15 heteroatoms. The first kappa shape index (κ1) is 100. The summed E-state index contributed by atoms with van der Waals surface area (Å²) in [7, 11) is -4.68. The number of rotatable bonds is 14. The molecular formula is C122H106Ir3N8SSi3-6. The summed E-state index contributed by atoms with van der Waals surface area (Å²) in [6, 6.07) is 144. The summed E-state index contributed by atoms with van der Waals surface area (Å²) in [4.78, 5) is 27.4. The van der Waals surface area contributed by atoms with Gasteiger partial charge in [-0.05, 0) is 191 Å². The van der Waals surface area contributed by atoms with E-state index in [4.69, 9.17) is 15.0 Å². The van der Waals surface area contributed by atoms with Gasteiger partial charge in [-0.2, -0.15) is 11.3 Å². The molecule has 0 aliphatic heterocycles. The van der Waals surface area contributed by atoms with Gasteiger partial charge in [0.1, 0.15) is 0 Å². The van der Waals surface area contributed by atoms with E-state index in [1.54, 1.807) is 18.6 Å². The van der Waals surface area contributed by atoms with E-state index in [0.29, 0.717) is 0 Å². The largest absolute Gasteiger partial charge is 0.381 e. The Morgan fingerprint density at radius 2 is 0.613 bits per heavy atom. The van der Waals surface area contributed by atoms with E-state index in [1.165, 1.54) is 124 Å². The second-order valence-electron chi connectivity index (χ2n) is 36.6. The smallest absolute Gasteiger partial charge is 0.0803 e. The Morgan fingerprint density at radius 1 is 0.270 bits per heavy atom. The molecule has 0 aliphatic rings. The zero-order valence-electron chi connectivity index (χ0n) is 79.2. The van der Waals surface area contributed by atoms with E-state index in [-0.39, 0.29) is 60.3 Å². The van der Waals surface area contributed by atoms with Crippen molar-refractivity contribution in [3.63, 3.8) is 0 Å². The van der Waals surface area contributed by atoms with Crippen LogP contribution in [0.15, 0.2) is 395 Å². The van der Waals surface area contributed by atoms with Crippen LogP contribution in [0.25, 0.3) is 170 Å². The van der Waals surface area contributed by atoms with Crippen LogP contribution >= 0.6 is 11.3 Å². The van der Waals surface area contributed by atoms with Gasteiger partial charge in [0, 0.05) is 125 Å². The van der Waals surface area contributed by atoms with E-state index in [1.807, 2.05) is 139 Å². The molecule has 0 spiro atoms. The van der Waals surface area contributed by atoms with E-state index < -0.39 is 24.2 Å². The van der Waals surface area contributed by atoms with Crippen LogP contribution in [-0.2, 0) is 66.9 Å². The van der Waals surface area contributed by atoms with E-state index >= 15 is 0 Å². The summed E-state index contributed by atoms with van der Waals surface area (Å²) in [5.41, 5.74) is 29.6. The van der Waals surface area contributed by atoms with Gasteiger partial charge in [0.05, 0.1) is 24.2 Å². The molecule has 0 unspecified atom stereocenters. The Kier molecular flexibility index (Phi) is 33.2. The van der Waals surface area contributed by atoms with Crippen molar-refractivity contribution in [1.29, 1.82) is 0 Å². The predicted molar refractivity (Wildman–Crippen MR) is 576 cm³/mol. The molecule has 0 saturated heterocycles. The van der Waals surface area contributed by atoms with Gasteiger partial charge in [0.15, 0.2) is 0 Å². The topological polar surface area (TPSA) is 87.2 Å². The third kappa shape index (κ3) is 23.7. The van der Waals surface area contributed by atoms with Crippen molar-refractivity contribution in [2.75, 3.05) is 0 Å². The molecule has 0 N–H and O–H groups in total. The summed E-state index contributed by atoms with van der Waals surface area (Å²) >= 11 is 1.83. The second kappa shape index (κ2) is 45.4. The van der Waals surface area contributed by atoms with Crippen molar-refractivity contribution >= 4 is 115 Å². The fourth-order valence-corrected chi connectivity index (χ4v) is 22.4. The Labute approximate surface area is 854 Å². The molecule has 0 bridgehead atoms. The number of hydrogen-bond donors (Lipinski definition) is 0. The average Bonchev–Trinajstić information content (AvgIpc) is 1.60. The molecule has 0 amide bonds. The molecule has 22 rings (SSSR count). The molecule has 9 heterocycles. The number of fused-ring (bicyclic) bond motifs is 9. The first-order valence-corrected chi connectivity index (χ1v) is 57.0. The Morgan fingerprint density at radius 3 is 1.00 bits per heavy atom. The van der Waals surface area contributed by atoms with E-state index in [2.05, 4.69) is 396 Å². The van der Waals surface area contributed by atoms with Crippen molar-refractivity contribution < 1.29 is 60.3 Å². The predicted octanol–water partition coefficient (Wildman–Crippen LogP) is 30.4. The van der Waals surface area contributed by atoms with Crippen molar-refractivity contribution in [1.82, 2.24) is 39.0 Å². The summed E-state index contributed by atoms with van der Waals surface area (Å²) in [6.45, 7) is 31.0. The molecule has 0 aliphatic carbocycles. The van der Waals surface area contributed by atoms with Crippen LogP contribution in [0.1, 0.15) is 23.6 Å². The zero-order valence-corrected chi connectivity index (χ0v) is 90.2. The van der Waals surface area contributed by atoms with Crippen LogP contribution in [0.5, 0.6) is 0 Å². The number of para-hydroxylation sites is 3. The molecule has 137 heavy (non-hydrogen) atoms. The van der Waals surface area contributed by atoms with Crippen LogP contribution < -0.4 is 15.6 Å². The first-order chi connectivity index (χ1) is 65.1. The van der Waals surface area contributed by atoms with Gasteiger partial charge in [-0.1, -0.05) is 292 Å². The third-order valence-corrected chi connectivity index (χ3v) is 31.1. The minimum absolute atomic E-state index is 0. The molecule has 3 radical (unpaired) electrons. The van der Waals surface area contributed by atoms with Gasteiger partial charge >= 0.3 is 0 Å². The number of aromatic nitrogens is 8. The van der Waals surface area contributed by atoms with Crippen LogP contribution in [0.3, 0.4) is 0 Å². The molecule has 0 saturated carbocycles. The average molecular weight is 2380 g/mol. The Bertz CT molecular complexity index is 7480. The molecule has 0 atom stereocenters. The molecule has 685 valence electrons. The van der Waals surface area contributed by atoms with Crippen molar-refractivity contribution in [2.45, 2.75) is 93.2 Å². The minimum atomic E-state index is -1.59. The molecular weight excluding hydrogens is 2270 g/mol. The van der Waals surface area contributed by atoms with Crippen molar-refractivity contribution in [3.05, 3.63) is 448 Å². The maximum Gasteiger partial charge on any atom is 0.0803 e. The standard InChI is InChI=1S/C33H29N2Si.C29H29N2Si.C27H24NSSi.3C11H8N.3Ir/c1-23-14-16-24(17-15-23)28-21-30(34-22-33(28)36(2,3)4)25-18-19-32-29(20-25)27-12-8-9-13-31(27)35(32)26-10-6-5-7-11-26;1-6-31-27-10-8-7-9-23(27)25-17-22(15-16-28(25)31)26-18-24(21-13-11-20(2)12-14-21)29(19-30-26)32(3,4)5;1-18-9-11-19(12-10-18)22-16-24(28-17-27(22)30(2,3)4)20-13-14-26-23(15-20)21-7-5-6-8-25(21)29-26;3*1-2-6-10(7-3-1)11-8-4-5-9-12-11;;;/h5-17,19-22H,1-4H3;7-14,16-19H,6H2,1-5H3;5-12,14-17H,1-4H3;3*1-6,8-9H;;;/q6*-1;;;. The maximum absolute atomic E-state index is 4.97. The number of thiophene rings is 1. The van der Waals surface area contributed by atoms with E-state index in [0.717, 1.165) is 85.3 Å². The summed E-state index contributed by atoms with van der Waals surface area (Å²) in [5.74, 6) is 0. The normalized spacial score (nSPS) is 11.1. The number of benzene rings is 13. The number of nitrogens with zero attached hydrogens (tertiary/aromatic N) is 8. The van der Waals surface area contributed by atoms with Crippen LogP contribution in [-0.4, -0.2) is 63.3 Å². The minimum Gasteiger partial charge on any atom is -0.381 e. The number of aryl methyl sites for hydroxylation is 4. The number of hydrogen-bond acceptors (Lipinski definition) is 7. The monoisotopic (exact) mass is 2380 g/mol. The zero-order chi connectivity index (χ0) is 92.9. The molecule has 13 aromatic carbocycles. The summed E-state index contributed by atoms with van der Waals surface area (Å²) < 4.78 is 7.28. The third-order valence-electron chi connectivity index (χ3n) is 24.0. The van der Waals surface area contributed by atoms with Crippen molar-refractivity contribution in [2.24, 2.45) is 0 Å². The van der Waals surface area contributed by atoms with Gasteiger partial charge in [-0.3, -0.25) is 0 Å². The quantitative estimate of drug-likeness (QED) is 0.0796. The van der Waals surface area contributed by atoms with Gasteiger partial charge in [-0.15, -0.1) is 179 Å². The van der Waals surface area contributed by atoms with Crippen LogP contribution in [0.2, 0.25) is 58.9 Å². The maximum atomic E-state index is 4.97. The van der Waals surface area contributed by atoms with Gasteiger partial charge in [-0.25, -0.2) is 0 Å². The van der Waals surface area contributed by atoms with E-state index in [9.17, 15) is 0 Å².